The van der Waals surface area contributed by atoms with Crippen molar-refractivity contribution in [2.45, 2.75) is 64.6 Å². The number of allylic oxidation sites excluding steroid dienone is 3. The number of rotatable bonds is 5. The van der Waals surface area contributed by atoms with Gasteiger partial charge in [0.15, 0.2) is 0 Å². The first-order valence-corrected chi connectivity index (χ1v) is 15.7. The van der Waals surface area contributed by atoms with Gasteiger partial charge < -0.3 is 25.2 Å². The number of amides is 3. The van der Waals surface area contributed by atoms with E-state index in [9.17, 15) is 14.4 Å². The van der Waals surface area contributed by atoms with Crippen LogP contribution in [0.25, 0.3) is 0 Å². The number of benzene rings is 2. The number of nitrogens with zero attached hydrogens (tertiary/aromatic N) is 2. The number of fused-ring (bicyclic) bond motifs is 1. The van der Waals surface area contributed by atoms with Crippen molar-refractivity contribution in [1.82, 2.24) is 20.4 Å². The minimum absolute atomic E-state index is 0.0707. The highest BCUT2D eigenvalue weighted by Crippen LogP contribution is 2.39. The minimum Gasteiger partial charge on any atom is -0.444 e. The molecule has 8 nitrogen and oxygen atoms in total. The molecule has 3 aliphatic rings. The summed E-state index contributed by atoms with van der Waals surface area (Å²) in [7, 11) is 0. The van der Waals surface area contributed by atoms with Crippen LogP contribution < -0.4 is 10.6 Å². The summed E-state index contributed by atoms with van der Waals surface area (Å²) in [5.74, 6) is 5.95. The van der Waals surface area contributed by atoms with E-state index >= 15 is 0 Å². The van der Waals surface area contributed by atoms with Crippen LogP contribution in [0, 0.1) is 17.8 Å². The molecule has 0 radical (unpaired) electrons. The molecule has 0 aliphatic carbocycles. The predicted molar refractivity (Wildman–Crippen MR) is 172 cm³/mol. The maximum atomic E-state index is 13.9. The number of carbonyl (C=O) groups excluding carboxylic acids is 3. The number of hydrogen-bond acceptors (Lipinski definition) is 6. The zero-order valence-corrected chi connectivity index (χ0v) is 26.3. The van der Waals surface area contributed by atoms with Crippen molar-refractivity contribution in [1.29, 1.82) is 0 Å². The van der Waals surface area contributed by atoms with E-state index in [1.165, 1.54) is 0 Å². The van der Waals surface area contributed by atoms with Crippen LogP contribution >= 0.6 is 11.8 Å². The van der Waals surface area contributed by atoms with Gasteiger partial charge in [0.1, 0.15) is 17.7 Å². The molecular weight excluding hydrogens is 572 g/mol. The number of ether oxygens (including phenoxy) is 1. The Hall–Kier alpha value is -4.42. The van der Waals surface area contributed by atoms with Crippen LogP contribution in [-0.2, 0) is 14.3 Å². The molecule has 3 amide bonds. The highest BCUT2D eigenvalue weighted by Gasteiger charge is 2.39. The number of carbonyl (C=O) groups is 3. The van der Waals surface area contributed by atoms with Crippen LogP contribution in [0.2, 0.25) is 0 Å². The van der Waals surface area contributed by atoms with Gasteiger partial charge in [-0.05, 0) is 57.7 Å². The SMILES string of the molecule is CC1CC=C2SC(C#Cc3ccccc3)=CN2C=C1NC(=O)C1CCCN1C(=O)[C@H](NC(=O)OC(C)(C)C)c1ccccc1. The molecule has 0 aromatic heterocycles. The maximum Gasteiger partial charge on any atom is 0.408 e. The van der Waals surface area contributed by atoms with Gasteiger partial charge >= 0.3 is 6.09 Å². The van der Waals surface area contributed by atoms with E-state index in [1.807, 2.05) is 65.8 Å². The number of nitrogens with one attached hydrogen (secondary N) is 2. The number of thioether (sulfide) groups is 1. The molecule has 228 valence electrons. The monoisotopic (exact) mass is 610 g/mol. The van der Waals surface area contributed by atoms with Crippen molar-refractivity contribution >= 4 is 29.7 Å². The molecule has 3 heterocycles. The first-order valence-electron chi connectivity index (χ1n) is 14.9. The average Bonchev–Trinajstić information content (AvgIpc) is 3.61. The van der Waals surface area contributed by atoms with E-state index < -0.39 is 23.8 Å². The summed E-state index contributed by atoms with van der Waals surface area (Å²) in [6, 6.07) is 17.3. The Kier molecular flexibility index (Phi) is 9.50. The van der Waals surface area contributed by atoms with Gasteiger partial charge in [-0.3, -0.25) is 9.59 Å². The van der Waals surface area contributed by atoms with Gasteiger partial charge in [0.05, 0.1) is 9.93 Å². The summed E-state index contributed by atoms with van der Waals surface area (Å²) in [5.41, 5.74) is 1.63. The average molecular weight is 611 g/mol. The van der Waals surface area contributed by atoms with Crippen molar-refractivity contribution < 1.29 is 19.1 Å². The van der Waals surface area contributed by atoms with E-state index in [1.54, 1.807) is 49.6 Å². The highest BCUT2D eigenvalue weighted by molar-refractivity contribution is 8.07. The number of hydrogen-bond donors (Lipinski definition) is 2. The zero-order chi connectivity index (χ0) is 31.3. The van der Waals surface area contributed by atoms with E-state index in [4.69, 9.17) is 4.74 Å². The molecule has 0 saturated carbocycles. The fraction of sp³-hybridized carbons (Fsp3) is 0.343. The lowest BCUT2D eigenvalue weighted by Crippen LogP contribution is -2.50. The van der Waals surface area contributed by atoms with Crippen LogP contribution in [0.15, 0.2) is 94.8 Å². The molecule has 1 saturated heterocycles. The number of likely N-dealkylation sites (tertiary alicyclic amines) is 1. The standard InChI is InChI=1S/C35H38N4O4S/c1-24-17-20-30-38(22-27(44-30)19-18-25-12-7-5-8-13-25)23-28(24)36-32(40)29-16-11-21-39(29)33(41)31(26-14-9-6-10-15-26)37-34(42)43-35(2,3)4/h5-10,12-15,20,22-24,29,31H,11,16-17,21H2,1-4H3,(H,36,40)(H,37,42)/t24?,29?,31-/m1/s1. The lowest BCUT2D eigenvalue weighted by molar-refractivity contribution is -0.140. The van der Waals surface area contributed by atoms with Gasteiger partial charge in [-0.2, -0.15) is 0 Å². The summed E-state index contributed by atoms with van der Waals surface area (Å²) in [4.78, 5) is 44.9. The molecule has 0 bridgehead atoms. The third kappa shape index (κ3) is 7.74. The Bertz CT molecular complexity index is 1550. The van der Waals surface area contributed by atoms with Gasteiger partial charge in [0.2, 0.25) is 5.91 Å². The fourth-order valence-corrected chi connectivity index (χ4v) is 6.12. The normalized spacial score (nSPS) is 20.1. The van der Waals surface area contributed by atoms with Crippen molar-refractivity contribution in [3.05, 3.63) is 106 Å². The van der Waals surface area contributed by atoms with Crippen molar-refractivity contribution in [3.63, 3.8) is 0 Å². The third-order valence-electron chi connectivity index (χ3n) is 7.43. The van der Waals surface area contributed by atoms with Crippen LogP contribution in [0.5, 0.6) is 0 Å². The lowest BCUT2D eigenvalue weighted by atomic mass is 10.0. The fourth-order valence-electron chi connectivity index (χ4n) is 5.23. The Morgan fingerprint density at radius 1 is 1.00 bits per heavy atom. The minimum atomic E-state index is -0.982. The molecular formula is C35H38N4O4S. The second kappa shape index (κ2) is 13.5. The third-order valence-corrected chi connectivity index (χ3v) is 8.45. The Morgan fingerprint density at radius 2 is 1.70 bits per heavy atom. The summed E-state index contributed by atoms with van der Waals surface area (Å²) in [6.07, 6.45) is 7.38. The van der Waals surface area contributed by atoms with Gasteiger partial charge in [-0.25, -0.2) is 4.79 Å². The van der Waals surface area contributed by atoms with Crippen LogP contribution in [0.3, 0.4) is 0 Å². The Balaban J connectivity index is 1.31. The van der Waals surface area contributed by atoms with E-state index in [-0.39, 0.29) is 17.7 Å². The molecule has 3 aliphatic heterocycles. The highest BCUT2D eigenvalue weighted by atomic mass is 32.2. The predicted octanol–water partition coefficient (Wildman–Crippen LogP) is 6.02. The molecule has 0 spiro atoms. The number of alkyl carbamates (subject to hydrolysis) is 1. The van der Waals surface area contributed by atoms with Crippen LogP contribution in [-0.4, -0.2) is 45.9 Å². The van der Waals surface area contributed by atoms with Gasteiger partial charge in [-0.1, -0.05) is 85.1 Å². The first kappa shape index (κ1) is 31.0. The molecule has 2 unspecified atom stereocenters. The largest absolute Gasteiger partial charge is 0.444 e. The Morgan fingerprint density at radius 3 is 2.41 bits per heavy atom. The van der Waals surface area contributed by atoms with E-state index in [0.29, 0.717) is 24.9 Å². The van der Waals surface area contributed by atoms with Crippen LogP contribution in [0.4, 0.5) is 4.79 Å². The lowest BCUT2D eigenvalue weighted by Gasteiger charge is -2.30. The van der Waals surface area contributed by atoms with Gasteiger partial charge in [0, 0.05) is 36.1 Å². The molecule has 9 heteroatoms. The first-order chi connectivity index (χ1) is 21.1. The molecule has 2 N–H and O–H groups in total. The molecule has 1 fully saturated rings. The molecule has 2 aromatic rings. The molecule has 44 heavy (non-hydrogen) atoms. The topological polar surface area (TPSA) is 91.0 Å². The van der Waals surface area contributed by atoms with Crippen molar-refractivity contribution in [3.8, 4) is 11.8 Å². The molecule has 5 rings (SSSR count). The summed E-state index contributed by atoms with van der Waals surface area (Å²) in [5, 5.41) is 6.93. The van der Waals surface area contributed by atoms with Crippen molar-refractivity contribution in [2.24, 2.45) is 5.92 Å². The summed E-state index contributed by atoms with van der Waals surface area (Å²) < 4.78 is 5.45. The van der Waals surface area contributed by atoms with E-state index in [0.717, 1.165) is 27.6 Å². The quantitative estimate of drug-likeness (QED) is 0.402. The maximum absolute atomic E-state index is 13.9. The van der Waals surface area contributed by atoms with Gasteiger partial charge in [0.25, 0.3) is 5.91 Å². The second-order valence-electron chi connectivity index (χ2n) is 12.1. The molecule has 2 aromatic carbocycles. The second-order valence-corrected chi connectivity index (χ2v) is 13.1. The smallest absolute Gasteiger partial charge is 0.408 e. The van der Waals surface area contributed by atoms with Crippen molar-refractivity contribution in [2.75, 3.05) is 6.54 Å². The molecule has 3 atom stereocenters. The zero-order valence-electron chi connectivity index (χ0n) is 25.5. The Labute approximate surface area is 263 Å². The summed E-state index contributed by atoms with van der Waals surface area (Å²) >= 11 is 1.61. The van der Waals surface area contributed by atoms with E-state index in [2.05, 4.69) is 35.5 Å². The summed E-state index contributed by atoms with van der Waals surface area (Å²) in [6.45, 7) is 7.80. The van der Waals surface area contributed by atoms with Crippen LogP contribution in [0.1, 0.15) is 64.1 Å². The van der Waals surface area contributed by atoms with Gasteiger partial charge in [-0.15, -0.1) is 0 Å².